The summed E-state index contributed by atoms with van der Waals surface area (Å²) in [6.45, 7) is 1.75. The Kier molecular flexibility index (Phi) is 5.48. The standard InChI is InChI=1S/C18H15ClFN3O3/c1-2-14(25-15-6-4-3-5-13(15)20)16(24)21-18-22-17(26-23-18)11-7-9-12(19)10-8-11/h3-10,14H,2H2,1H3,(H,21,23,24)/t14-/m1/s1. The van der Waals surface area contributed by atoms with Gasteiger partial charge in [0.2, 0.25) is 0 Å². The van der Waals surface area contributed by atoms with Crippen LogP contribution in [0.5, 0.6) is 5.75 Å². The average Bonchev–Trinajstić information content (AvgIpc) is 3.10. The predicted octanol–water partition coefficient (Wildman–Crippen LogP) is 4.33. The minimum Gasteiger partial charge on any atom is -0.478 e. The number of hydrogen-bond donors (Lipinski definition) is 1. The lowest BCUT2D eigenvalue weighted by atomic mass is 10.2. The van der Waals surface area contributed by atoms with Crippen LogP contribution in [0.15, 0.2) is 53.1 Å². The van der Waals surface area contributed by atoms with Crippen molar-refractivity contribution < 1.29 is 18.4 Å². The monoisotopic (exact) mass is 375 g/mol. The molecule has 6 nitrogen and oxygen atoms in total. The third-order valence-electron chi connectivity index (χ3n) is 3.52. The van der Waals surface area contributed by atoms with E-state index in [4.69, 9.17) is 20.9 Å². The van der Waals surface area contributed by atoms with E-state index in [2.05, 4.69) is 15.5 Å². The van der Waals surface area contributed by atoms with E-state index in [0.29, 0.717) is 17.0 Å². The van der Waals surface area contributed by atoms with Crippen LogP contribution in [-0.4, -0.2) is 22.2 Å². The second-order valence-electron chi connectivity index (χ2n) is 5.36. The van der Waals surface area contributed by atoms with E-state index in [1.807, 2.05) is 0 Å². The number of nitrogens with one attached hydrogen (secondary N) is 1. The highest BCUT2D eigenvalue weighted by Crippen LogP contribution is 2.22. The Labute approximate surface area is 153 Å². The maximum Gasteiger partial charge on any atom is 0.270 e. The third kappa shape index (κ3) is 4.18. The molecule has 0 saturated heterocycles. The van der Waals surface area contributed by atoms with E-state index in [-0.39, 0.29) is 17.6 Å². The van der Waals surface area contributed by atoms with E-state index >= 15 is 0 Å². The first-order chi connectivity index (χ1) is 12.6. The minimum atomic E-state index is -0.899. The molecule has 134 valence electrons. The Morgan fingerprint density at radius 1 is 1.27 bits per heavy atom. The SMILES string of the molecule is CC[C@@H](Oc1ccccc1F)C(=O)Nc1noc(-c2ccc(Cl)cc2)n1. The number of nitrogens with zero attached hydrogens (tertiary/aromatic N) is 2. The molecule has 0 unspecified atom stereocenters. The molecule has 3 rings (SSSR count). The Hall–Kier alpha value is -2.93. The number of halogens is 2. The number of benzene rings is 2. The molecule has 8 heteroatoms. The second-order valence-corrected chi connectivity index (χ2v) is 5.80. The molecular weight excluding hydrogens is 361 g/mol. The first-order valence-electron chi connectivity index (χ1n) is 7.88. The molecule has 1 amide bonds. The van der Waals surface area contributed by atoms with Crippen LogP contribution in [0.1, 0.15) is 13.3 Å². The number of aromatic nitrogens is 2. The van der Waals surface area contributed by atoms with Gasteiger partial charge in [-0.05, 0) is 48.0 Å². The van der Waals surface area contributed by atoms with Crippen LogP contribution in [-0.2, 0) is 4.79 Å². The van der Waals surface area contributed by atoms with E-state index < -0.39 is 17.8 Å². The van der Waals surface area contributed by atoms with E-state index in [9.17, 15) is 9.18 Å². The molecule has 0 saturated carbocycles. The highest BCUT2D eigenvalue weighted by Gasteiger charge is 2.22. The maximum absolute atomic E-state index is 13.7. The van der Waals surface area contributed by atoms with Gasteiger partial charge < -0.3 is 9.26 Å². The fourth-order valence-electron chi connectivity index (χ4n) is 2.19. The number of carbonyl (C=O) groups excluding carboxylic acids is 1. The van der Waals surface area contributed by atoms with Crippen molar-refractivity contribution >= 4 is 23.5 Å². The zero-order chi connectivity index (χ0) is 18.5. The summed E-state index contributed by atoms with van der Waals surface area (Å²) in [7, 11) is 0. The molecule has 3 aromatic rings. The van der Waals surface area contributed by atoms with Crippen LogP contribution < -0.4 is 10.1 Å². The van der Waals surface area contributed by atoms with E-state index in [1.165, 1.54) is 12.1 Å². The molecule has 0 spiro atoms. The fraction of sp³-hybridized carbons (Fsp3) is 0.167. The molecule has 0 fully saturated rings. The number of hydrogen-bond acceptors (Lipinski definition) is 5. The summed E-state index contributed by atoms with van der Waals surface area (Å²) in [5, 5.41) is 6.80. The summed E-state index contributed by atoms with van der Waals surface area (Å²) in [5.74, 6) is -0.803. The molecule has 2 aromatic carbocycles. The van der Waals surface area contributed by atoms with E-state index in [1.54, 1.807) is 43.3 Å². The molecule has 0 radical (unpaired) electrons. The zero-order valence-corrected chi connectivity index (χ0v) is 14.5. The highest BCUT2D eigenvalue weighted by atomic mass is 35.5. The summed E-state index contributed by atoms with van der Waals surface area (Å²) >= 11 is 5.84. The smallest absolute Gasteiger partial charge is 0.270 e. The van der Waals surface area contributed by atoms with Crippen molar-refractivity contribution in [1.29, 1.82) is 0 Å². The summed E-state index contributed by atoms with van der Waals surface area (Å²) < 4.78 is 24.3. The van der Waals surface area contributed by atoms with E-state index in [0.717, 1.165) is 0 Å². The number of amides is 1. The molecular formula is C18H15ClFN3O3. The molecule has 0 aliphatic rings. The summed E-state index contributed by atoms with van der Waals surface area (Å²) in [6.07, 6.45) is -0.563. The van der Waals surface area contributed by atoms with Crippen LogP contribution in [0.25, 0.3) is 11.5 Å². The lowest BCUT2D eigenvalue weighted by Crippen LogP contribution is -2.33. The van der Waals surface area contributed by atoms with Gasteiger partial charge in [-0.3, -0.25) is 10.1 Å². The normalized spacial score (nSPS) is 11.8. The van der Waals surface area contributed by atoms with Gasteiger partial charge in [0.25, 0.3) is 17.7 Å². The molecule has 0 aliphatic heterocycles. The molecule has 0 aliphatic carbocycles. The molecule has 1 N–H and O–H groups in total. The molecule has 0 bridgehead atoms. The van der Waals surface area contributed by atoms with Gasteiger partial charge in [0, 0.05) is 10.6 Å². The first kappa shape index (κ1) is 17.9. The van der Waals surface area contributed by atoms with Crippen molar-refractivity contribution in [3.63, 3.8) is 0 Å². The van der Waals surface area contributed by atoms with Gasteiger partial charge in [-0.2, -0.15) is 4.98 Å². The van der Waals surface area contributed by atoms with Gasteiger partial charge in [0.1, 0.15) is 0 Å². The Balaban J connectivity index is 1.68. The van der Waals surface area contributed by atoms with Crippen LogP contribution in [0, 0.1) is 5.82 Å². The largest absolute Gasteiger partial charge is 0.478 e. The fourth-order valence-corrected chi connectivity index (χ4v) is 2.32. The average molecular weight is 376 g/mol. The second kappa shape index (κ2) is 7.97. The van der Waals surface area contributed by atoms with Gasteiger partial charge in [-0.1, -0.05) is 30.7 Å². The minimum absolute atomic E-state index is 0.00413. The Morgan fingerprint density at radius 2 is 2.00 bits per heavy atom. The third-order valence-corrected chi connectivity index (χ3v) is 3.77. The predicted molar refractivity (Wildman–Crippen MR) is 94.5 cm³/mol. The van der Waals surface area contributed by atoms with Crippen molar-refractivity contribution in [1.82, 2.24) is 10.1 Å². The lowest BCUT2D eigenvalue weighted by Gasteiger charge is -2.16. The topological polar surface area (TPSA) is 77.2 Å². The quantitative estimate of drug-likeness (QED) is 0.694. The molecule has 26 heavy (non-hydrogen) atoms. The molecule has 1 atom stereocenters. The van der Waals surface area contributed by atoms with Crippen LogP contribution >= 0.6 is 11.6 Å². The number of ether oxygens (including phenoxy) is 1. The Morgan fingerprint density at radius 3 is 2.69 bits per heavy atom. The number of carbonyl (C=O) groups is 1. The number of rotatable bonds is 6. The van der Waals surface area contributed by atoms with Crippen LogP contribution in [0.2, 0.25) is 5.02 Å². The van der Waals surface area contributed by atoms with Gasteiger partial charge in [0.15, 0.2) is 17.7 Å². The van der Waals surface area contributed by atoms with Gasteiger partial charge >= 0.3 is 0 Å². The lowest BCUT2D eigenvalue weighted by molar-refractivity contribution is -0.123. The van der Waals surface area contributed by atoms with Crippen LogP contribution in [0.3, 0.4) is 0 Å². The molecule has 1 heterocycles. The first-order valence-corrected chi connectivity index (χ1v) is 8.26. The Bertz CT molecular complexity index is 899. The number of anilines is 1. The summed E-state index contributed by atoms with van der Waals surface area (Å²) in [6, 6.07) is 12.7. The van der Waals surface area contributed by atoms with Crippen molar-refractivity contribution in [2.75, 3.05) is 5.32 Å². The highest BCUT2D eigenvalue weighted by molar-refractivity contribution is 6.30. The van der Waals surface area contributed by atoms with Crippen LogP contribution in [0.4, 0.5) is 10.3 Å². The van der Waals surface area contributed by atoms with Crippen molar-refractivity contribution in [2.24, 2.45) is 0 Å². The zero-order valence-electron chi connectivity index (χ0n) is 13.8. The number of para-hydroxylation sites is 1. The van der Waals surface area contributed by atoms with Crippen molar-refractivity contribution in [3.05, 3.63) is 59.4 Å². The summed E-state index contributed by atoms with van der Waals surface area (Å²) in [4.78, 5) is 16.5. The maximum atomic E-state index is 13.7. The van der Waals surface area contributed by atoms with Crippen molar-refractivity contribution in [3.8, 4) is 17.2 Å². The van der Waals surface area contributed by atoms with Crippen molar-refractivity contribution in [2.45, 2.75) is 19.4 Å². The van der Waals surface area contributed by atoms with Gasteiger partial charge in [-0.25, -0.2) is 4.39 Å². The van der Waals surface area contributed by atoms with Gasteiger partial charge in [0.05, 0.1) is 0 Å². The summed E-state index contributed by atoms with van der Waals surface area (Å²) in [5.41, 5.74) is 0.664. The molecule has 1 aromatic heterocycles. The van der Waals surface area contributed by atoms with Gasteiger partial charge in [-0.15, -0.1) is 0 Å².